The lowest BCUT2D eigenvalue weighted by Crippen LogP contribution is -2.24. The minimum atomic E-state index is -0.725. The molecule has 0 aromatic heterocycles. The summed E-state index contributed by atoms with van der Waals surface area (Å²) in [4.78, 5) is 0. The molecule has 114 valence electrons. The van der Waals surface area contributed by atoms with Crippen LogP contribution in [0.2, 0.25) is 0 Å². The highest BCUT2D eigenvalue weighted by molar-refractivity contribution is 9.10. The molecule has 0 fully saturated rings. The average molecular weight is 349 g/mol. The maximum Gasteiger partial charge on any atom is 0.125 e. The van der Waals surface area contributed by atoms with E-state index >= 15 is 0 Å². The Morgan fingerprint density at radius 1 is 1.20 bits per heavy atom. The molecule has 5 nitrogen and oxygen atoms in total. The number of aliphatic hydroxyl groups is 2. The van der Waals surface area contributed by atoms with Gasteiger partial charge >= 0.3 is 0 Å². The largest absolute Gasteiger partial charge is 0.490 e. The van der Waals surface area contributed by atoms with Crippen LogP contribution in [0.15, 0.2) is 22.7 Å². The lowest BCUT2D eigenvalue weighted by Gasteiger charge is -2.16. The summed E-state index contributed by atoms with van der Waals surface area (Å²) in [6.45, 7) is 2.88. The molecule has 2 N–H and O–H groups in total. The van der Waals surface area contributed by atoms with Crippen LogP contribution in [0, 0.1) is 0 Å². The first kappa shape index (κ1) is 17.4. The number of rotatable bonds is 9. The third-order valence-corrected chi connectivity index (χ3v) is 3.09. The molecule has 0 aliphatic rings. The van der Waals surface area contributed by atoms with E-state index in [0.717, 1.165) is 4.47 Å². The van der Waals surface area contributed by atoms with Gasteiger partial charge < -0.3 is 24.4 Å². The van der Waals surface area contributed by atoms with Crippen LogP contribution in [-0.2, 0) is 9.47 Å². The van der Waals surface area contributed by atoms with Gasteiger partial charge in [0, 0.05) is 17.1 Å². The van der Waals surface area contributed by atoms with Crippen molar-refractivity contribution in [2.24, 2.45) is 0 Å². The molecule has 0 aliphatic carbocycles. The van der Waals surface area contributed by atoms with Crippen LogP contribution in [-0.4, -0.2) is 49.9 Å². The molecular formula is C14H21BrO5. The molecule has 0 aliphatic heterocycles. The molecule has 0 spiro atoms. The van der Waals surface area contributed by atoms with Gasteiger partial charge in [-0.25, -0.2) is 0 Å². The molecule has 0 saturated carbocycles. The molecule has 0 heterocycles. The van der Waals surface area contributed by atoms with E-state index in [4.69, 9.17) is 14.2 Å². The van der Waals surface area contributed by atoms with Crippen LogP contribution in [0.25, 0.3) is 0 Å². The number of aliphatic hydroxyl groups excluding tert-OH is 2. The Hall–Kier alpha value is -0.660. The van der Waals surface area contributed by atoms with E-state index in [9.17, 15) is 10.2 Å². The summed E-state index contributed by atoms with van der Waals surface area (Å²) in [5, 5.41) is 19.4. The molecular weight excluding hydrogens is 328 g/mol. The zero-order valence-corrected chi connectivity index (χ0v) is 13.3. The van der Waals surface area contributed by atoms with Gasteiger partial charge in [0.25, 0.3) is 0 Å². The van der Waals surface area contributed by atoms with E-state index in [1.165, 1.54) is 0 Å². The molecule has 0 amide bonds. The fourth-order valence-corrected chi connectivity index (χ4v) is 1.95. The van der Waals surface area contributed by atoms with Crippen LogP contribution in [0.4, 0.5) is 0 Å². The average Bonchev–Trinajstić information content (AvgIpc) is 2.42. The molecule has 2 atom stereocenters. The molecule has 1 aromatic rings. The topological polar surface area (TPSA) is 68.2 Å². The first-order chi connectivity index (χ1) is 9.54. The Morgan fingerprint density at radius 3 is 2.60 bits per heavy atom. The van der Waals surface area contributed by atoms with Gasteiger partial charge in [-0.2, -0.15) is 0 Å². The van der Waals surface area contributed by atoms with Crippen LogP contribution >= 0.6 is 15.9 Å². The lowest BCUT2D eigenvalue weighted by molar-refractivity contribution is -0.00460. The van der Waals surface area contributed by atoms with Crippen molar-refractivity contribution < 1.29 is 24.4 Å². The molecule has 2 unspecified atom stereocenters. The van der Waals surface area contributed by atoms with Crippen molar-refractivity contribution in [2.75, 3.05) is 33.5 Å². The van der Waals surface area contributed by atoms with E-state index in [1.54, 1.807) is 26.2 Å². The summed E-state index contributed by atoms with van der Waals surface area (Å²) in [5.41, 5.74) is 0.673. The summed E-state index contributed by atoms with van der Waals surface area (Å²) < 4.78 is 16.4. The van der Waals surface area contributed by atoms with Crippen LogP contribution in [0.5, 0.6) is 5.75 Å². The maximum absolute atomic E-state index is 9.73. The minimum Gasteiger partial charge on any atom is -0.490 e. The second-order valence-electron chi connectivity index (χ2n) is 4.39. The summed E-state index contributed by atoms with van der Waals surface area (Å²) in [6.07, 6.45) is -1.37. The molecule has 0 radical (unpaired) electrons. The van der Waals surface area contributed by atoms with E-state index in [0.29, 0.717) is 24.5 Å². The molecule has 0 saturated heterocycles. The fraction of sp³-hybridized carbons (Fsp3) is 0.571. The van der Waals surface area contributed by atoms with Crippen molar-refractivity contribution in [2.45, 2.75) is 19.1 Å². The molecule has 1 rings (SSSR count). The van der Waals surface area contributed by atoms with Crippen molar-refractivity contribution >= 4 is 15.9 Å². The smallest absolute Gasteiger partial charge is 0.125 e. The van der Waals surface area contributed by atoms with Crippen molar-refractivity contribution in [1.82, 2.24) is 0 Å². The van der Waals surface area contributed by atoms with Crippen molar-refractivity contribution in [3.63, 3.8) is 0 Å². The van der Waals surface area contributed by atoms with Crippen molar-refractivity contribution in [1.29, 1.82) is 0 Å². The summed E-state index contributed by atoms with van der Waals surface area (Å²) in [6, 6.07) is 5.37. The van der Waals surface area contributed by atoms with E-state index in [2.05, 4.69) is 15.9 Å². The molecule has 1 aromatic carbocycles. The van der Waals surface area contributed by atoms with Gasteiger partial charge in [0.1, 0.15) is 18.5 Å². The summed E-state index contributed by atoms with van der Waals surface area (Å²) in [5.74, 6) is 0.555. The van der Waals surface area contributed by atoms with Gasteiger partial charge in [0.05, 0.1) is 25.9 Å². The monoisotopic (exact) mass is 348 g/mol. The quantitative estimate of drug-likeness (QED) is 0.667. The second-order valence-corrected chi connectivity index (χ2v) is 5.31. The third kappa shape index (κ3) is 6.19. The van der Waals surface area contributed by atoms with Gasteiger partial charge in [0.15, 0.2) is 0 Å². The van der Waals surface area contributed by atoms with Crippen molar-refractivity contribution in [3.8, 4) is 5.75 Å². The zero-order chi connectivity index (χ0) is 15.0. The number of methoxy groups -OCH3 is 1. The second kappa shape index (κ2) is 9.31. The molecule has 6 heteroatoms. The van der Waals surface area contributed by atoms with E-state index < -0.39 is 12.2 Å². The maximum atomic E-state index is 9.73. The van der Waals surface area contributed by atoms with E-state index in [-0.39, 0.29) is 13.2 Å². The number of hydrogen-bond acceptors (Lipinski definition) is 5. The highest BCUT2D eigenvalue weighted by atomic mass is 79.9. The predicted molar refractivity (Wildman–Crippen MR) is 79.0 cm³/mol. The Labute approximate surface area is 127 Å². The van der Waals surface area contributed by atoms with Gasteiger partial charge in [-0.05, 0) is 25.1 Å². The molecule has 20 heavy (non-hydrogen) atoms. The minimum absolute atomic E-state index is 0.105. The lowest BCUT2D eigenvalue weighted by atomic mass is 10.1. The zero-order valence-electron chi connectivity index (χ0n) is 11.7. The van der Waals surface area contributed by atoms with Crippen LogP contribution in [0.1, 0.15) is 18.6 Å². The summed E-state index contributed by atoms with van der Waals surface area (Å²) >= 11 is 3.35. The van der Waals surface area contributed by atoms with Crippen LogP contribution in [0.3, 0.4) is 0 Å². The number of hydrogen-bond donors (Lipinski definition) is 2. The Kier molecular flexibility index (Phi) is 8.09. The first-order valence-corrected chi connectivity index (χ1v) is 7.19. The fourth-order valence-electron chi connectivity index (χ4n) is 1.57. The normalized spacial score (nSPS) is 14.1. The van der Waals surface area contributed by atoms with Crippen molar-refractivity contribution in [3.05, 3.63) is 28.2 Å². The van der Waals surface area contributed by atoms with Crippen LogP contribution < -0.4 is 4.74 Å². The van der Waals surface area contributed by atoms with Gasteiger partial charge in [0.2, 0.25) is 0 Å². The Bertz CT molecular complexity index is 397. The standard InChI is InChI=1S/C14H21BrO5/c1-10(16)13-7-11(15)3-4-14(13)20-9-12(17)8-19-6-5-18-2/h3-4,7,10,12,16-17H,5-6,8-9H2,1-2H3. The highest BCUT2D eigenvalue weighted by Crippen LogP contribution is 2.28. The van der Waals surface area contributed by atoms with Gasteiger partial charge in [-0.1, -0.05) is 15.9 Å². The predicted octanol–water partition coefficient (Wildman–Crippen LogP) is 1.91. The number of benzene rings is 1. The Morgan fingerprint density at radius 2 is 1.95 bits per heavy atom. The van der Waals surface area contributed by atoms with Gasteiger partial charge in [-0.3, -0.25) is 0 Å². The third-order valence-electron chi connectivity index (χ3n) is 2.60. The van der Waals surface area contributed by atoms with Gasteiger partial charge in [-0.15, -0.1) is 0 Å². The first-order valence-electron chi connectivity index (χ1n) is 6.39. The highest BCUT2D eigenvalue weighted by Gasteiger charge is 2.12. The SMILES string of the molecule is COCCOCC(O)COc1ccc(Br)cc1C(C)O. The number of ether oxygens (including phenoxy) is 3. The molecule has 0 bridgehead atoms. The van der Waals surface area contributed by atoms with E-state index in [1.807, 2.05) is 6.07 Å². The Balaban J connectivity index is 2.44. The summed E-state index contributed by atoms with van der Waals surface area (Å²) in [7, 11) is 1.59. The number of halogens is 1.